The van der Waals surface area contributed by atoms with Gasteiger partial charge in [-0.25, -0.2) is 4.98 Å². The van der Waals surface area contributed by atoms with E-state index in [0.29, 0.717) is 12.5 Å². The average molecular weight is 460 g/mol. The van der Waals surface area contributed by atoms with Gasteiger partial charge in [0.05, 0.1) is 0 Å². The number of nitrogens with zero attached hydrogens (tertiary/aromatic N) is 5. The molecule has 0 unspecified atom stereocenters. The molecule has 0 amide bonds. The number of pyridine rings is 1. The van der Waals surface area contributed by atoms with E-state index in [0.717, 1.165) is 55.0 Å². The van der Waals surface area contributed by atoms with Gasteiger partial charge in [-0.15, -0.1) is 0 Å². The molecule has 35 heavy (non-hydrogen) atoms. The number of hydrogen-bond acceptors (Lipinski definition) is 5. The Morgan fingerprint density at radius 1 is 0.914 bits per heavy atom. The van der Waals surface area contributed by atoms with Gasteiger partial charge < -0.3 is 5.32 Å². The second kappa shape index (κ2) is 9.51. The van der Waals surface area contributed by atoms with Gasteiger partial charge in [0.1, 0.15) is 13.7 Å². The molecule has 4 heterocycles. The molecule has 0 aliphatic carbocycles. The smallest absolute Gasteiger partial charge is 0.151 e. The number of rotatable bonds is 6. The molecule has 0 bridgehead atoms. The van der Waals surface area contributed by atoms with Crippen molar-refractivity contribution < 1.29 is 0 Å². The van der Waals surface area contributed by atoms with Crippen molar-refractivity contribution in [2.24, 2.45) is 0 Å². The molecule has 0 radical (unpaired) electrons. The summed E-state index contributed by atoms with van der Waals surface area (Å²) < 4.78 is 1.92. The van der Waals surface area contributed by atoms with Crippen LogP contribution in [0.2, 0.25) is 0 Å². The highest BCUT2D eigenvalue weighted by Gasteiger charge is 2.23. The van der Waals surface area contributed by atoms with Crippen LogP contribution in [0.15, 0.2) is 79.3 Å². The van der Waals surface area contributed by atoms with Crippen LogP contribution in [0, 0.1) is 0 Å². The highest BCUT2D eigenvalue weighted by molar-refractivity contribution is 6.36. The lowest BCUT2D eigenvalue weighted by atomic mass is 9.92. The van der Waals surface area contributed by atoms with Gasteiger partial charge in [0, 0.05) is 49.4 Å². The summed E-state index contributed by atoms with van der Waals surface area (Å²) in [5, 5.41) is 10.8. The van der Waals surface area contributed by atoms with Gasteiger partial charge in [-0.1, -0.05) is 42.5 Å². The van der Waals surface area contributed by atoms with Gasteiger partial charge >= 0.3 is 0 Å². The SMILES string of the molecule is Bc1cnn2c(NCc3cccnc3)cc(C3CCN(Cc4ccc5ccccc5c4)CC3)nc12. The van der Waals surface area contributed by atoms with E-state index in [2.05, 4.69) is 82.7 Å². The Balaban J connectivity index is 1.16. The minimum Gasteiger partial charge on any atom is -0.366 e. The van der Waals surface area contributed by atoms with Gasteiger partial charge in [0.2, 0.25) is 0 Å². The predicted octanol–water partition coefficient (Wildman–Crippen LogP) is 3.53. The summed E-state index contributed by atoms with van der Waals surface area (Å²) in [7, 11) is 2.08. The predicted molar refractivity (Wildman–Crippen MR) is 144 cm³/mol. The van der Waals surface area contributed by atoms with E-state index in [1.54, 1.807) is 6.20 Å². The van der Waals surface area contributed by atoms with Gasteiger partial charge in [0.15, 0.2) is 5.65 Å². The molecule has 0 atom stereocenters. The Morgan fingerprint density at radius 2 is 1.77 bits per heavy atom. The number of aromatic nitrogens is 4. The normalized spacial score (nSPS) is 15.1. The zero-order chi connectivity index (χ0) is 23.6. The molecule has 1 aliphatic heterocycles. The summed E-state index contributed by atoms with van der Waals surface area (Å²) in [6, 6.07) is 21.7. The molecule has 0 spiro atoms. The van der Waals surface area contributed by atoms with Crippen LogP contribution in [-0.2, 0) is 13.1 Å². The Morgan fingerprint density at radius 3 is 2.60 bits per heavy atom. The number of likely N-dealkylation sites (tertiary alicyclic amines) is 1. The van der Waals surface area contributed by atoms with Crippen molar-refractivity contribution in [1.29, 1.82) is 0 Å². The Bertz CT molecular complexity index is 1460. The zero-order valence-corrected chi connectivity index (χ0v) is 20.1. The van der Waals surface area contributed by atoms with Crippen molar-refractivity contribution in [3.63, 3.8) is 0 Å². The fraction of sp³-hybridized carbons (Fsp3) is 0.250. The summed E-state index contributed by atoms with van der Waals surface area (Å²) in [5.74, 6) is 1.45. The number of fused-ring (bicyclic) bond motifs is 2. The Hall–Kier alpha value is -3.71. The lowest BCUT2D eigenvalue weighted by molar-refractivity contribution is 0.203. The van der Waals surface area contributed by atoms with Crippen molar-refractivity contribution in [2.45, 2.75) is 31.8 Å². The van der Waals surface area contributed by atoms with Crippen LogP contribution in [0.1, 0.15) is 35.6 Å². The fourth-order valence-corrected chi connectivity index (χ4v) is 5.10. The molecule has 1 saturated heterocycles. The maximum Gasteiger partial charge on any atom is 0.151 e. The van der Waals surface area contributed by atoms with Gasteiger partial charge in [-0.3, -0.25) is 9.88 Å². The third-order valence-corrected chi connectivity index (χ3v) is 7.09. The Kier molecular flexibility index (Phi) is 5.92. The zero-order valence-electron chi connectivity index (χ0n) is 20.1. The second-order valence-corrected chi connectivity index (χ2v) is 9.58. The van der Waals surface area contributed by atoms with Crippen LogP contribution in [-0.4, -0.2) is 45.4 Å². The molecule has 1 fully saturated rings. The first-order chi connectivity index (χ1) is 17.2. The van der Waals surface area contributed by atoms with Crippen molar-refractivity contribution in [3.8, 4) is 0 Å². The molecule has 174 valence electrons. The quantitative estimate of drug-likeness (QED) is 0.393. The molecule has 1 N–H and O–H groups in total. The summed E-state index contributed by atoms with van der Waals surface area (Å²) in [6.45, 7) is 3.88. The van der Waals surface area contributed by atoms with E-state index in [1.165, 1.54) is 22.0 Å². The molecule has 7 heteroatoms. The van der Waals surface area contributed by atoms with Crippen molar-refractivity contribution in [2.75, 3.05) is 18.4 Å². The third kappa shape index (κ3) is 4.64. The van der Waals surface area contributed by atoms with E-state index < -0.39 is 0 Å². The first kappa shape index (κ1) is 21.8. The molecule has 0 saturated carbocycles. The molecule has 1 aliphatic rings. The molecular weight excluding hydrogens is 431 g/mol. The van der Waals surface area contributed by atoms with Gasteiger partial charge in [-0.05, 0) is 65.4 Å². The van der Waals surface area contributed by atoms with Crippen LogP contribution in [0.3, 0.4) is 0 Å². The first-order valence-corrected chi connectivity index (χ1v) is 12.4. The van der Waals surface area contributed by atoms with Crippen molar-refractivity contribution in [3.05, 3.63) is 96.1 Å². The van der Waals surface area contributed by atoms with Gasteiger partial charge in [-0.2, -0.15) is 9.61 Å². The molecular formula is C28H29BN6. The van der Waals surface area contributed by atoms with E-state index in [9.17, 15) is 0 Å². The van der Waals surface area contributed by atoms with E-state index >= 15 is 0 Å². The summed E-state index contributed by atoms with van der Waals surface area (Å²) >= 11 is 0. The number of piperidine rings is 1. The van der Waals surface area contributed by atoms with Crippen LogP contribution in [0.25, 0.3) is 16.4 Å². The van der Waals surface area contributed by atoms with Crippen LogP contribution < -0.4 is 10.8 Å². The van der Waals surface area contributed by atoms with E-state index in [-0.39, 0.29) is 0 Å². The summed E-state index contributed by atoms with van der Waals surface area (Å²) in [6.07, 6.45) is 7.83. The van der Waals surface area contributed by atoms with E-state index in [4.69, 9.17) is 4.98 Å². The largest absolute Gasteiger partial charge is 0.366 e. The van der Waals surface area contributed by atoms with E-state index in [1.807, 2.05) is 23.0 Å². The summed E-state index contributed by atoms with van der Waals surface area (Å²) in [5.41, 5.74) is 5.74. The number of hydrogen-bond donors (Lipinski definition) is 1. The van der Waals surface area contributed by atoms with Crippen molar-refractivity contribution >= 4 is 35.5 Å². The molecule has 6 rings (SSSR count). The van der Waals surface area contributed by atoms with Crippen molar-refractivity contribution in [1.82, 2.24) is 24.5 Å². The van der Waals surface area contributed by atoms with Crippen LogP contribution in [0.4, 0.5) is 5.82 Å². The third-order valence-electron chi connectivity index (χ3n) is 7.09. The molecule has 5 aromatic rings. The molecule has 2 aromatic carbocycles. The lowest BCUT2D eigenvalue weighted by Crippen LogP contribution is -2.32. The van der Waals surface area contributed by atoms with Crippen LogP contribution in [0.5, 0.6) is 0 Å². The molecule has 6 nitrogen and oxygen atoms in total. The first-order valence-electron chi connectivity index (χ1n) is 12.4. The number of nitrogens with one attached hydrogen (secondary N) is 1. The monoisotopic (exact) mass is 460 g/mol. The summed E-state index contributed by atoms with van der Waals surface area (Å²) in [4.78, 5) is 11.8. The second-order valence-electron chi connectivity index (χ2n) is 9.58. The maximum absolute atomic E-state index is 5.05. The van der Waals surface area contributed by atoms with Crippen LogP contribution >= 0.6 is 0 Å². The van der Waals surface area contributed by atoms with Gasteiger partial charge in [0.25, 0.3) is 0 Å². The maximum atomic E-state index is 5.05. The average Bonchev–Trinajstić information content (AvgIpc) is 3.29. The minimum absolute atomic E-state index is 0.459. The Labute approximate surface area is 206 Å². The highest BCUT2D eigenvalue weighted by Crippen LogP contribution is 2.30. The molecule has 3 aromatic heterocycles. The lowest BCUT2D eigenvalue weighted by Gasteiger charge is -2.32. The number of benzene rings is 2. The topological polar surface area (TPSA) is 58.4 Å². The number of anilines is 1. The fourth-order valence-electron chi connectivity index (χ4n) is 5.10. The minimum atomic E-state index is 0.459. The highest BCUT2D eigenvalue weighted by atomic mass is 15.3. The standard InChI is InChI=1S/C28H29BN6/c29-25-18-32-35-27(31-17-21-4-3-11-30-16-21)15-26(33-28(25)35)23-9-12-34(13-10-23)19-20-7-8-22-5-1-2-6-24(22)14-20/h1-8,11,14-16,18,23,31H,9-10,12-13,17,19,29H2.